The van der Waals surface area contributed by atoms with Crippen molar-refractivity contribution in [3.05, 3.63) is 10.6 Å². The van der Waals surface area contributed by atoms with Crippen LogP contribution in [0.4, 0.5) is 5.13 Å². The first-order chi connectivity index (χ1) is 9.78. The quantitative estimate of drug-likeness (QED) is 0.720. The average Bonchev–Trinajstić information content (AvgIpc) is 3.20. The van der Waals surface area contributed by atoms with Crippen LogP contribution in [0.15, 0.2) is 0 Å². The maximum absolute atomic E-state index is 5.19. The smallest absolute Gasteiger partial charge is 0.185 e. The molecule has 0 spiro atoms. The van der Waals surface area contributed by atoms with E-state index in [1.54, 1.807) is 7.11 Å². The number of aromatic nitrogens is 1. The summed E-state index contributed by atoms with van der Waals surface area (Å²) < 4.78 is 5.19. The molecule has 0 unspecified atom stereocenters. The van der Waals surface area contributed by atoms with Crippen LogP contribution in [-0.4, -0.2) is 37.8 Å². The lowest BCUT2D eigenvalue weighted by Gasteiger charge is -2.18. The van der Waals surface area contributed by atoms with E-state index in [0.717, 1.165) is 50.3 Å². The topological polar surface area (TPSA) is 37.4 Å². The lowest BCUT2D eigenvalue weighted by atomic mass is 10.2. The van der Waals surface area contributed by atoms with Gasteiger partial charge in [0.05, 0.1) is 12.3 Å². The van der Waals surface area contributed by atoms with Gasteiger partial charge >= 0.3 is 0 Å². The zero-order valence-electron chi connectivity index (χ0n) is 12.9. The molecule has 1 heterocycles. The Morgan fingerprint density at radius 2 is 2.20 bits per heavy atom. The van der Waals surface area contributed by atoms with Gasteiger partial charge in [0.15, 0.2) is 5.13 Å². The van der Waals surface area contributed by atoms with Crippen molar-refractivity contribution in [1.82, 2.24) is 10.3 Å². The summed E-state index contributed by atoms with van der Waals surface area (Å²) in [4.78, 5) is 8.61. The van der Waals surface area contributed by atoms with E-state index in [4.69, 9.17) is 9.72 Å². The predicted molar refractivity (Wildman–Crippen MR) is 85.7 cm³/mol. The number of rotatable bonds is 10. The van der Waals surface area contributed by atoms with Crippen LogP contribution in [-0.2, 0) is 17.7 Å². The maximum atomic E-state index is 5.19. The predicted octanol–water partition coefficient (Wildman–Crippen LogP) is 2.82. The highest BCUT2D eigenvalue weighted by Gasteiger charge is 2.22. The molecule has 114 valence electrons. The molecule has 1 saturated carbocycles. The summed E-state index contributed by atoms with van der Waals surface area (Å²) in [5.41, 5.74) is 1.29. The van der Waals surface area contributed by atoms with Crippen molar-refractivity contribution in [3.8, 4) is 0 Å². The van der Waals surface area contributed by atoms with Crippen LogP contribution in [0.5, 0.6) is 0 Å². The van der Waals surface area contributed by atoms with Crippen molar-refractivity contribution in [2.45, 2.75) is 52.1 Å². The largest absolute Gasteiger partial charge is 0.383 e. The van der Waals surface area contributed by atoms with E-state index in [2.05, 4.69) is 24.1 Å². The first-order valence-electron chi connectivity index (χ1n) is 7.74. The van der Waals surface area contributed by atoms with E-state index in [-0.39, 0.29) is 0 Å². The fourth-order valence-electron chi connectivity index (χ4n) is 2.19. The molecule has 0 aromatic carbocycles. The summed E-state index contributed by atoms with van der Waals surface area (Å²) in [5.74, 6) is 0. The highest BCUT2D eigenvalue weighted by Crippen LogP contribution is 2.28. The molecule has 1 aromatic rings. The summed E-state index contributed by atoms with van der Waals surface area (Å²) >= 11 is 1.85. The van der Waals surface area contributed by atoms with Crippen LogP contribution >= 0.6 is 11.3 Å². The number of methoxy groups -OCH3 is 1. The third kappa shape index (κ3) is 4.43. The van der Waals surface area contributed by atoms with Gasteiger partial charge in [-0.25, -0.2) is 4.98 Å². The van der Waals surface area contributed by atoms with Gasteiger partial charge in [0.2, 0.25) is 0 Å². The van der Waals surface area contributed by atoms with Gasteiger partial charge in [-0.3, -0.25) is 0 Å². The molecule has 2 rings (SSSR count). The zero-order chi connectivity index (χ0) is 14.4. The van der Waals surface area contributed by atoms with E-state index in [9.17, 15) is 0 Å². The van der Waals surface area contributed by atoms with E-state index in [0.29, 0.717) is 0 Å². The highest BCUT2D eigenvalue weighted by molar-refractivity contribution is 7.15. The Hall–Kier alpha value is -0.650. The summed E-state index contributed by atoms with van der Waals surface area (Å²) in [6.07, 6.45) is 4.91. The minimum atomic E-state index is 0.755. The van der Waals surface area contributed by atoms with E-state index in [1.165, 1.54) is 23.4 Å². The molecule has 0 radical (unpaired) electrons. The minimum Gasteiger partial charge on any atom is -0.383 e. The van der Waals surface area contributed by atoms with Gasteiger partial charge in [-0.2, -0.15) is 0 Å². The molecule has 1 aliphatic rings. The molecule has 1 aliphatic carbocycles. The first kappa shape index (κ1) is 15.7. The standard InChI is InChI=1S/C15H27N3OS/c1-4-6-13-14(11-16-12-7-8-12)20-15(17-13)18(5-2)9-10-19-3/h12,16H,4-11H2,1-3H3. The Balaban J connectivity index is 2.04. The molecule has 4 nitrogen and oxygen atoms in total. The summed E-state index contributed by atoms with van der Waals surface area (Å²) in [7, 11) is 1.75. The van der Waals surface area contributed by atoms with Gasteiger partial charge in [0, 0.05) is 37.7 Å². The number of hydrogen-bond acceptors (Lipinski definition) is 5. The number of nitrogens with one attached hydrogen (secondary N) is 1. The number of anilines is 1. The number of ether oxygens (including phenoxy) is 1. The van der Waals surface area contributed by atoms with E-state index < -0.39 is 0 Å². The fourth-order valence-corrected chi connectivity index (χ4v) is 3.34. The number of likely N-dealkylation sites (N-methyl/N-ethyl adjacent to an activating group) is 1. The second kappa shape index (κ2) is 7.96. The Labute approximate surface area is 126 Å². The molecule has 1 aromatic heterocycles. The molecular weight excluding hydrogens is 270 g/mol. The van der Waals surface area contributed by atoms with Crippen molar-refractivity contribution in [2.75, 3.05) is 31.7 Å². The molecule has 0 bridgehead atoms. The van der Waals surface area contributed by atoms with E-state index in [1.807, 2.05) is 11.3 Å². The number of aryl methyl sites for hydroxylation is 1. The van der Waals surface area contributed by atoms with Gasteiger partial charge in [0.1, 0.15) is 0 Å². The lowest BCUT2D eigenvalue weighted by Crippen LogP contribution is -2.26. The molecule has 0 saturated heterocycles. The van der Waals surface area contributed by atoms with Gasteiger partial charge < -0.3 is 15.0 Å². The summed E-state index contributed by atoms with van der Waals surface area (Å²) in [6, 6.07) is 0.755. The zero-order valence-corrected chi connectivity index (χ0v) is 13.8. The van der Waals surface area contributed by atoms with Crippen molar-refractivity contribution in [2.24, 2.45) is 0 Å². The number of thiazole rings is 1. The first-order valence-corrected chi connectivity index (χ1v) is 8.55. The Bertz CT molecular complexity index is 404. The monoisotopic (exact) mass is 297 g/mol. The third-order valence-electron chi connectivity index (χ3n) is 3.60. The molecule has 1 N–H and O–H groups in total. The molecule has 0 aliphatic heterocycles. The van der Waals surface area contributed by atoms with Crippen molar-refractivity contribution < 1.29 is 4.74 Å². The van der Waals surface area contributed by atoms with Gasteiger partial charge in [-0.1, -0.05) is 13.3 Å². The van der Waals surface area contributed by atoms with Gasteiger partial charge in [0.25, 0.3) is 0 Å². The van der Waals surface area contributed by atoms with Crippen molar-refractivity contribution in [1.29, 1.82) is 0 Å². The summed E-state index contributed by atoms with van der Waals surface area (Å²) in [5, 5.41) is 4.77. The molecular formula is C15H27N3OS. The van der Waals surface area contributed by atoms with E-state index >= 15 is 0 Å². The second-order valence-corrected chi connectivity index (χ2v) is 6.41. The second-order valence-electron chi connectivity index (χ2n) is 5.34. The van der Waals surface area contributed by atoms with Crippen molar-refractivity contribution in [3.63, 3.8) is 0 Å². The minimum absolute atomic E-state index is 0.755. The third-order valence-corrected chi connectivity index (χ3v) is 4.76. The molecule has 20 heavy (non-hydrogen) atoms. The van der Waals surface area contributed by atoms with Crippen LogP contribution in [0.3, 0.4) is 0 Å². The molecule has 1 fully saturated rings. The average molecular weight is 297 g/mol. The van der Waals surface area contributed by atoms with Crippen LogP contribution < -0.4 is 10.2 Å². The van der Waals surface area contributed by atoms with Gasteiger partial charge in [-0.15, -0.1) is 11.3 Å². The molecule has 0 amide bonds. The Morgan fingerprint density at radius 1 is 1.40 bits per heavy atom. The lowest BCUT2D eigenvalue weighted by molar-refractivity contribution is 0.205. The molecule has 5 heteroatoms. The Morgan fingerprint density at radius 3 is 2.80 bits per heavy atom. The van der Waals surface area contributed by atoms with Crippen LogP contribution in [0, 0.1) is 0 Å². The SMILES string of the molecule is CCCc1nc(N(CC)CCOC)sc1CNC1CC1. The number of hydrogen-bond donors (Lipinski definition) is 1. The highest BCUT2D eigenvalue weighted by atomic mass is 32.1. The maximum Gasteiger partial charge on any atom is 0.185 e. The Kier molecular flexibility index (Phi) is 6.26. The van der Waals surface area contributed by atoms with Crippen LogP contribution in [0.25, 0.3) is 0 Å². The van der Waals surface area contributed by atoms with Gasteiger partial charge in [-0.05, 0) is 26.2 Å². The summed E-state index contributed by atoms with van der Waals surface area (Å²) in [6.45, 7) is 8.05. The molecule has 0 atom stereocenters. The number of nitrogens with zero attached hydrogens (tertiary/aromatic N) is 2. The normalized spacial score (nSPS) is 14.8. The van der Waals surface area contributed by atoms with Crippen LogP contribution in [0.2, 0.25) is 0 Å². The van der Waals surface area contributed by atoms with Crippen LogP contribution in [0.1, 0.15) is 43.7 Å². The van der Waals surface area contributed by atoms with Crippen molar-refractivity contribution >= 4 is 16.5 Å². The fraction of sp³-hybridized carbons (Fsp3) is 0.800.